The molecule has 0 spiro atoms. The van der Waals surface area contributed by atoms with E-state index in [0.29, 0.717) is 35.1 Å². The number of aryl methyl sites for hydroxylation is 2. The smallest absolute Gasteiger partial charge is 0.255 e. The van der Waals surface area contributed by atoms with Crippen molar-refractivity contribution in [3.05, 3.63) is 92.5 Å². The van der Waals surface area contributed by atoms with Gasteiger partial charge >= 0.3 is 0 Å². The summed E-state index contributed by atoms with van der Waals surface area (Å²) in [5.41, 5.74) is 1.53. The van der Waals surface area contributed by atoms with Crippen molar-refractivity contribution in [3.63, 3.8) is 0 Å². The van der Waals surface area contributed by atoms with Crippen LogP contribution in [0.4, 0.5) is 4.39 Å². The highest BCUT2D eigenvalue weighted by Gasteiger charge is 2.15. The molecule has 1 atom stereocenters. The van der Waals surface area contributed by atoms with E-state index in [1.54, 1.807) is 41.3 Å². The van der Waals surface area contributed by atoms with E-state index in [1.165, 1.54) is 22.0 Å². The van der Waals surface area contributed by atoms with E-state index < -0.39 is 16.6 Å². The molecule has 3 aromatic heterocycles. The first-order valence-corrected chi connectivity index (χ1v) is 12.2. The molecule has 4 rings (SSSR count). The van der Waals surface area contributed by atoms with Crippen LogP contribution in [0.2, 0.25) is 0 Å². The van der Waals surface area contributed by atoms with E-state index in [1.807, 2.05) is 19.1 Å². The van der Waals surface area contributed by atoms with Crippen molar-refractivity contribution in [2.24, 2.45) is 0 Å². The number of carbonyl (C=O) groups is 1. The standard InChI is InChI=1S/C23H20FN3O3S2/c1-15-3-11-21(31-15)20(28)10-5-17-14-27(23(25-17)32(2)30)19-8-6-18(7-9-19)26-13-16(24)4-12-22(26)29/h3-4,6-9,11-14H,5,10H2,1-2H3. The highest BCUT2D eigenvalue weighted by atomic mass is 32.2. The number of imidazole rings is 1. The fourth-order valence-corrected chi connectivity index (χ4v) is 4.82. The molecule has 1 aromatic carbocycles. The number of carbonyl (C=O) groups excluding carboxylic acids is 1. The van der Waals surface area contributed by atoms with Gasteiger partial charge in [0.05, 0.1) is 21.4 Å². The van der Waals surface area contributed by atoms with Crippen molar-refractivity contribution in [1.82, 2.24) is 14.1 Å². The van der Waals surface area contributed by atoms with Crippen LogP contribution in [0, 0.1) is 12.7 Å². The van der Waals surface area contributed by atoms with Crippen LogP contribution >= 0.6 is 11.3 Å². The molecule has 4 aromatic rings. The summed E-state index contributed by atoms with van der Waals surface area (Å²) in [5.74, 6) is -0.453. The molecule has 0 radical (unpaired) electrons. The van der Waals surface area contributed by atoms with E-state index in [-0.39, 0.29) is 11.3 Å². The van der Waals surface area contributed by atoms with Crippen molar-refractivity contribution < 1.29 is 13.4 Å². The number of rotatable bonds is 7. The van der Waals surface area contributed by atoms with Gasteiger partial charge in [-0.2, -0.15) is 0 Å². The summed E-state index contributed by atoms with van der Waals surface area (Å²) in [6.45, 7) is 1.96. The minimum Gasteiger partial charge on any atom is -0.293 e. The van der Waals surface area contributed by atoms with Crippen LogP contribution in [-0.4, -0.2) is 30.4 Å². The van der Waals surface area contributed by atoms with E-state index in [0.717, 1.165) is 22.0 Å². The molecule has 0 aliphatic heterocycles. The lowest BCUT2D eigenvalue weighted by atomic mass is 10.1. The van der Waals surface area contributed by atoms with Crippen LogP contribution < -0.4 is 5.56 Å². The fraction of sp³-hybridized carbons (Fsp3) is 0.174. The quantitative estimate of drug-likeness (QED) is 0.382. The maximum atomic E-state index is 13.5. The van der Waals surface area contributed by atoms with Crippen molar-refractivity contribution in [2.75, 3.05) is 6.26 Å². The monoisotopic (exact) mass is 469 g/mol. The van der Waals surface area contributed by atoms with E-state index in [9.17, 15) is 18.2 Å². The number of pyridine rings is 1. The topological polar surface area (TPSA) is 74.0 Å². The molecule has 0 N–H and O–H groups in total. The molecular formula is C23H20FN3O3S2. The zero-order valence-electron chi connectivity index (χ0n) is 17.4. The van der Waals surface area contributed by atoms with Crippen LogP contribution in [0.25, 0.3) is 11.4 Å². The minimum absolute atomic E-state index is 0.0571. The molecule has 0 aliphatic rings. The number of aromatic nitrogens is 3. The predicted octanol–water partition coefficient (Wildman–Crippen LogP) is 4.09. The second kappa shape index (κ2) is 9.13. The van der Waals surface area contributed by atoms with Crippen LogP contribution in [0.3, 0.4) is 0 Å². The highest BCUT2D eigenvalue weighted by molar-refractivity contribution is 7.84. The van der Waals surface area contributed by atoms with Crippen LogP contribution in [0.15, 0.2) is 70.9 Å². The van der Waals surface area contributed by atoms with E-state index in [2.05, 4.69) is 4.98 Å². The molecule has 3 heterocycles. The predicted molar refractivity (Wildman–Crippen MR) is 123 cm³/mol. The third-order valence-corrected chi connectivity index (χ3v) is 6.73. The lowest BCUT2D eigenvalue weighted by Crippen LogP contribution is -2.16. The van der Waals surface area contributed by atoms with Gasteiger partial charge in [-0.15, -0.1) is 11.3 Å². The third kappa shape index (κ3) is 4.68. The van der Waals surface area contributed by atoms with Crippen molar-refractivity contribution in [2.45, 2.75) is 24.9 Å². The normalized spacial score (nSPS) is 12.1. The number of hydrogen-bond acceptors (Lipinski definition) is 5. The number of halogens is 1. The molecule has 6 nitrogen and oxygen atoms in total. The maximum absolute atomic E-state index is 13.5. The second-order valence-corrected chi connectivity index (χ2v) is 9.81. The molecule has 32 heavy (non-hydrogen) atoms. The summed E-state index contributed by atoms with van der Waals surface area (Å²) in [4.78, 5) is 30.7. The first kappa shape index (κ1) is 22.0. The Morgan fingerprint density at radius 2 is 1.72 bits per heavy atom. The van der Waals surface area contributed by atoms with Gasteiger partial charge in [-0.05, 0) is 55.8 Å². The number of Topliss-reactive ketones (excluding diaryl/α,β-unsaturated/α-hetero) is 1. The zero-order chi connectivity index (χ0) is 22.8. The van der Waals surface area contributed by atoms with Gasteiger partial charge in [0, 0.05) is 47.4 Å². The minimum atomic E-state index is -1.35. The molecule has 1 unspecified atom stereocenters. The summed E-state index contributed by atoms with van der Waals surface area (Å²) in [7, 11) is -1.35. The van der Waals surface area contributed by atoms with Gasteiger partial charge in [-0.1, -0.05) is 0 Å². The van der Waals surface area contributed by atoms with Crippen LogP contribution in [0.1, 0.15) is 26.7 Å². The van der Waals surface area contributed by atoms with Crippen molar-refractivity contribution in [3.8, 4) is 11.4 Å². The Kier molecular flexibility index (Phi) is 6.29. The number of benzene rings is 1. The maximum Gasteiger partial charge on any atom is 0.255 e. The first-order valence-electron chi connectivity index (χ1n) is 9.82. The van der Waals surface area contributed by atoms with Gasteiger partial charge in [0.25, 0.3) is 5.56 Å². The summed E-state index contributed by atoms with van der Waals surface area (Å²) >= 11 is 1.47. The summed E-state index contributed by atoms with van der Waals surface area (Å²) in [6, 6.07) is 12.9. The number of nitrogens with zero attached hydrogens (tertiary/aromatic N) is 3. The zero-order valence-corrected chi connectivity index (χ0v) is 19.1. The SMILES string of the molecule is Cc1ccc(C(=O)CCc2cn(-c3ccc(-n4cc(F)ccc4=O)cc3)c(S(C)=O)n2)s1. The lowest BCUT2D eigenvalue weighted by Gasteiger charge is -2.09. The van der Waals surface area contributed by atoms with Gasteiger partial charge in [0.1, 0.15) is 5.82 Å². The average molecular weight is 470 g/mol. The molecule has 164 valence electrons. The Balaban J connectivity index is 1.58. The third-order valence-electron chi connectivity index (χ3n) is 4.88. The Morgan fingerprint density at radius 3 is 2.34 bits per heavy atom. The summed E-state index contributed by atoms with van der Waals surface area (Å²) in [5, 5.41) is 0.370. The Labute approximate surface area is 190 Å². The Hall–Kier alpha value is -3.17. The van der Waals surface area contributed by atoms with Crippen molar-refractivity contribution in [1.29, 1.82) is 0 Å². The number of thiophene rings is 1. The summed E-state index contributed by atoms with van der Waals surface area (Å²) in [6.07, 6.45) is 5.19. The molecular weight excluding hydrogens is 449 g/mol. The van der Waals surface area contributed by atoms with Crippen molar-refractivity contribution >= 4 is 27.9 Å². The molecule has 0 bridgehead atoms. The van der Waals surface area contributed by atoms with E-state index in [4.69, 9.17) is 0 Å². The van der Waals surface area contributed by atoms with Gasteiger partial charge < -0.3 is 0 Å². The average Bonchev–Trinajstić information content (AvgIpc) is 3.40. The summed E-state index contributed by atoms with van der Waals surface area (Å²) < 4.78 is 28.7. The van der Waals surface area contributed by atoms with Gasteiger partial charge in [0.2, 0.25) is 5.16 Å². The molecule has 9 heteroatoms. The molecule has 0 saturated heterocycles. The van der Waals surface area contributed by atoms with E-state index >= 15 is 0 Å². The van der Waals surface area contributed by atoms with Crippen LogP contribution in [0.5, 0.6) is 0 Å². The molecule has 0 saturated carbocycles. The largest absolute Gasteiger partial charge is 0.293 e. The molecule has 0 fully saturated rings. The Morgan fingerprint density at radius 1 is 1.03 bits per heavy atom. The van der Waals surface area contributed by atoms with Crippen LogP contribution in [-0.2, 0) is 17.2 Å². The second-order valence-electron chi connectivity index (χ2n) is 7.24. The van der Waals surface area contributed by atoms with Gasteiger partial charge in [0.15, 0.2) is 5.78 Å². The molecule has 0 aliphatic carbocycles. The van der Waals surface area contributed by atoms with Gasteiger partial charge in [-0.3, -0.25) is 22.9 Å². The van der Waals surface area contributed by atoms with Gasteiger partial charge in [-0.25, -0.2) is 9.37 Å². The Bertz CT molecular complexity index is 1370. The highest BCUT2D eigenvalue weighted by Crippen LogP contribution is 2.20. The lowest BCUT2D eigenvalue weighted by molar-refractivity contribution is 0.0986. The fourth-order valence-electron chi connectivity index (χ4n) is 3.30. The number of hydrogen-bond donors (Lipinski definition) is 0. The molecule has 0 amide bonds. The first-order chi connectivity index (χ1) is 15.3. The number of ketones is 1.